The van der Waals surface area contributed by atoms with Gasteiger partial charge in [-0.25, -0.2) is 4.79 Å². The molecule has 0 unspecified atom stereocenters. The van der Waals surface area contributed by atoms with Gasteiger partial charge in [-0.15, -0.1) is 0 Å². The number of hydrogen-bond acceptors (Lipinski definition) is 2. The number of rotatable bonds is 6. The van der Waals surface area contributed by atoms with Crippen molar-refractivity contribution in [1.82, 2.24) is 15.1 Å². The fraction of sp³-hybridized carbons (Fsp3) is 0.500. The van der Waals surface area contributed by atoms with Crippen molar-refractivity contribution in [2.45, 2.75) is 44.6 Å². The Morgan fingerprint density at radius 1 is 0.903 bits per heavy atom. The van der Waals surface area contributed by atoms with E-state index in [1.807, 2.05) is 17.0 Å². The van der Waals surface area contributed by atoms with Crippen molar-refractivity contribution in [3.8, 4) is 0 Å². The van der Waals surface area contributed by atoms with Crippen LogP contribution in [0, 0.1) is 5.92 Å². The van der Waals surface area contributed by atoms with Gasteiger partial charge in [0, 0.05) is 31.2 Å². The highest BCUT2D eigenvalue weighted by atomic mass is 35.5. The molecule has 0 spiro atoms. The quantitative estimate of drug-likeness (QED) is 0.642. The monoisotopic (exact) mass is 439 g/mol. The van der Waals surface area contributed by atoms with Crippen molar-refractivity contribution in [2.75, 3.05) is 32.7 Å². The zero-order valence-corrected chi connectivity index (χ0v) is 19.1. The van der Waals surface area contributed by atoms with E-state index in [2.05, 4.69) is 52.7 Å². The summed E-state index contributed by atoms with van der Waals surface area (Å²) in [6.45, 7) is 5.82. The first kappa shape index (κ1) is 22.2. The molecule has 0 atom stereocenters. The van der Waals surface area contributed by atoms with Crippen LogP contribution in [0.15, 0.2) is 54.6 Å². The highest BCUT2D eigenvalue weighted by molar-refractivity contribution is 6.30. The Balaban J connectivity index is 1.11. The first-order valence-corrected chi connectivity index (χ1v) is 12.1. The van der Waals surface area contributed by atoms with E-state index in [0.29, 0.717) is 5.92 Å². The topological polar surface area (TPSA) is 35.6 Å². The zero-order valence-electron chi connectivity index (χ0n) is 18.3. The molecule has 4 rings (SSSR count). The third kappa shape index (κ3) is 6.47. The van der Waals surface area contributed by atoms with E-state index >= 15 is 0 Å². The number of piperidine rings is 2. The van der Waals surface area contributed by atoms with Gasteiger partial charge in [0.2, 0.25) is 0 Å². The Kier molecular flexibility index (Phi) is 7.87. The number of nitrogens with one attached hydrogen (secondary N) is 1. The van der Waals surface area contributed by atoms with E-state index in [9.17, 15) is 4.79 Å². The predicted octanol–water partition coefficient (Wildman–Crippen LogP) is 5.53. The van der Waals surface area contributed by atoms with Crippen LogP contribution in [-0.4, -0.2) is 48.6 Å². The van der Waals surface area contributed by atoms with Gasteiger partial charge in [0.05, 0.1) is 0 Å². The molecule has 2 aromatic carbocycles. The normalized spacial score (nSPS) is 18.8. The molecule has 0 radical (unpaired) electrons. The maximum absolute atomic E-state index is 12.6. The number of hydrogen-bond donors (Lipinski definition) is 1. The molecule has 166 valence electrons. The van der Waals surface area contributed by atoms with E-state index in [4.69, 9.17) is 11.6 Å². The van der Waals surface area contributed by atoms with Gasteiger partial charge in [-0.2, -0.15) is 0 Å². The molecule has 1 N–H and O–H groups in total. The van der Waals surface area contributed by atoms with Crippen molar-refractivity contribution in [2.24, 2.45) is 5.92 Å². The maximum atomic E-state index is 12.6. The molecule has 2 amide bonds. The summed E-state index contributed by atoms with van der Waals surface area (Å²) < 4.78 is 0. The van der Waals surface area contributed by atoms with Crippen LogP contribution >= 0.6 is 11.6 Å². The number of amides is 2. The van der Waals surface area contributed by atoms with E-state index < -0.39 is 0 Å². The molecule has 4 nitrogen and oxygen atoms in total. The highest BCUT2D eigenvalue weighted by Crippen LogP contribution is 2.29. The molecule has 31 heavy (non-hydrogen) atoms. The van der Waals surface area contributed by atoms with Crippen molar-refractivity contribution in [3.05, 3.63) is 70.7 Å². The van der Waals surface area contributed by atoms with Gasteiger partial charge >= 0.3 is 6.03 Å². The van der Waals surface area contributed by atoms with E-state index in [1.165, 1.54) is 24.0 Å². The summed E-state index contributed by atoms with van der Waals surface area (Å²) in [5.74, 6) is 1.25. The fourth-order valence-corrected chi connectivity index (χ4v) is 5.05. The molecule has 0 saturated carbocycles. The predicted molar refractivity (Wildman–Crippen MR) is 127 cm³/mol. The molecule has 0 aliphatic carbocycles. The Bertz CT molecular complexity index is 810. The number of nitrogens with zero attached hydrogens (tertiary/aromatic N) is 2. The number of halogens is 1. The van der Waals surface area contributed by atoms with Gasteiger partial charge in [-0.3, -0.25) is 4.90 Å². The molecule has 2 heterocycles. The average molecular weight is 440 g/mol. The third-order valence-electron chi connectivity index (χ3n) is 6.91. The van der Waals surface area contributed by atoms with Crippen molar-refractivity contribution < 1.29 is 4.79 Å². The fourth-order valence-electron chi connectivity index (χ4n) is 4.92. The molecule has 2 aliphatic heterocycles. The standard InChI is InChI=1S/C26H34ClN3O/c27-25-8-6-23(7-9-25)24-13-18-30(19-14-24)26(31)28-15-10-21-11-16-29(17-12-21)20-22-4-2-1-3-5-22/h1-9,21,24H,10-20H2,(H,28,31). The van der Waals surface area contributed by atoms with Gasteiger partial charge in [0.15, 0.2) is 0 Å². The van der Waals surface area contributed by atoms with Crippen molar-refractivity contribution in [3.63, 3.8) is 0 Å². The molecule has 2 aliphatic rings. The lowest BCUT2D eigenvalue weighted by Gasteiger charge is -2.33. The molecule has 2 saturated heterocycles. The summed E-state index contributed by atoms with van der Waals surface area (Å²) in [5.41, 5.74) is 2.73. The second-order valence-electron chi connectivity index (χ2n) is 9.04. The first-order chi connectivity index (χ1) is 15.2. The van der Waals surface area contributed by atoms with Crippen LogP contribution in [0.4, 0.5) is 4.79 Å². The number of carbonyl (C=O) groups excluding carboxylic acids is 1. The SMILES string of the molecule is O=C(NCCC1CCN(Cc2ccccc2)CC1)N1CCC(c2ccc(Cl)cc2)CC1. The smallest absolute Gasteiger partial charge is 0.317 e. The molecular formula is C26H34ClN3O. The molecule has 2 fully saturated rings. The summed E-state index contributed by atoms with van der Waals surface area (Å²) in [7, 11) is 0. The Morgan fingerprint density at radius 3 is 2.26 bits per heavy atom. The minimum Gasteiger partial charge on any atom is -0.338 e. The molecular weight excluding hydrogens is 406 g/mol. The number of carbonyl (C=O) groups is 1. The van der Waals surface area contributed by atoms with Crippen LogP contribution < -0.4 is 5.32 Å². The van der Waals surface area contributed by atoms with Crippen LogP contribution in [0.1, 0.15) is 49.1 Å². The molecule has 5 heteroatoms. The lowest BCUT2D eigenvalue weighted by atomic mass is 9.89. The van der Waals surface area contributed by atoms with Crippen LogP contribution in [-0.2, 0) is 6.54 Å². The zero-order chi connectivity index (χ0) is 21.5. The average Bonchev–Trinajstić information content (AvgIpc) is 2.81. The van der Waals surface area contributed by atoms with Gasteiger partial charge in [0.25, 0.3) is 0 Å². The summed E-state index contributed by atoms with van der Waals surface area (Å²) in [6, 6.07) is 19.0. The van der Waals surface area contributed by atoms with Crippen LogP contribution in [0.2, 0.25) is 5.02 Å². The lowest BCUT2D eigenvalue weighted by molar-refractivity contribution is 0.166. The highest BCUT2D eigenvalue weighted by Gasteiger charge is 2.24. The maximum Gasteiger partial charge on any atom is 0.317 e. The molecule has 0 aromatic heterocycles. The van der Waals surface area contributed by atoms with Gasteiger partial charge in [-0.1, -0.05) is 54.1 Å². The molecule has 2 aromatic rings. The van der Waals surface area contributed by atoms with Gasteiger partial charge in [0.1, 0.15) is 0 Å². The summed E-state index contributed by atoms with van der Waals surface area (Å²) in [4.78, 5) is 17.1. The second kappa shape index (κ2) is 11.0. The number of benzene rings is 2. The van der Waals surface area contributed by atoms with Crippen LogP contribution in [0.25, 0.3) is 0 Å². The van der Waals surface area contributed by atoms with E-state index in [1.54, 1.807) is 0 Å². The van der Waals surface area contributed by atoms with Crippen LogP contribution in [0.3, 0.4) is 0 Å². The minimum atomic E-state index is 0.107. The number of likely N-dealkylation sites (tertiary alicyclic amines) is 2. The summed E-state index contributed by atoms with van der Waals surface area (Å²) in [5, 5.41) is 3.95. The van der Waals surface area contributed by atoms with Gasteiger partial charge in [-0.05, 0) is 80.3 Å². The van der Waals surface area contributed by atoms with Crippen molar-refractivity contribution >= 4 is 17.6 Å². The first-order valence-electron chi connectivity index (χ1n) is 11.7. The van der Waals surface area contributed by atoms with E-state index in [0.717, 1.165) is 69.5 Å². The Hall–Kier alpha value is -2.04. The lowest BCUT2D eigenvalue weighted by Crippen LogP contribution is -2.44. The summed E-state index contributed by atoms with van der Waals surface area (Å²) in [6.07, 6.45) is 5.60. The largest absolute Gasteiger partial charge is 0.338 e. The van der Waals surface area contributed by atoms with Crippen LogP contribution in [0.5, 0.6) is 0 Å². The Labute approximate surface area is 191 Å². The third-order valence-corrected chi connectivity index (χ3v) is 7.16. The number of urea groups is 1. The second-order valence-corrected chi connectivity index (χ2v) is 9.48. The minimum absolute atomic E-state index is 0.107. The Morgan fingerprint density at radius 2 is 1.58 bits per heavy atom. The van der Waals surface area contributed by atoms with Crippen molar-refractivity contribution in [1.29, 1.82) is 0 Å². The van der Waals surface area contributed by atoms with E-state index in [-0.39, 0.29) is 6.03 Å². The molecule has 0 bridgehead atoms. The van der Waals surface area contributed by atoms with Gasteiger partial charge < -0.3 is 10.2 Å². The summed E-state index contributed by atoms with van der Waals surface area (Å²) >= 11 is 6.00.